The first kappa shape index (κ1) is 44.4. The molecule has 1 heterocycles. The standard InChI is InChI=1S/C34H62Cl3NO6SSi3/c1-23-17-19-24(20-18-23)45-29-26(38-30(39)40-22-34(35,36)37)28(44-48(15,16)33(8,9)10)27(43-47(13,14)32(5,6)7)25(42-29)21-41-46(11,12)31(2,3)4/h17-20,25-29H,21-22H2,1-16H3,(H,38,39)/t25-,26-,27-,28-,29+/m1/s1. The molecule has 7 nitrogen and oxygen atoms in total. The number of hydrogen-bond acceptors (Lipinski definition) is 7. The van der Waals surface area contributed by atoms with Gasteiger partial charge in [-0.1, -0.05) is 127 Å². The summed E-state index contributed by atoms with van der Waals surface area (Å²) in [5, 5.41) is 2.86. The van der Waals surface area contributed by atoms with Crippen molar-refractivity contribution in [3.63, 3.8) is 0 Å². The van der Waals surface area contributed by atoms with Gasteiger partial charge in [0, 0.05) is 4.90 Å². The smallest absolute Gasteiger partial charge is 0.407 e. The molecule has 0 saturated carbocycles. The molecule has 1 amide bonds. The van der Waals surface area contributed by atoms with Gasteiger partial charge in [0.05, 0.1) is 18.8 Å². The molecule has 0 unspecified atom stereocenters. The summed E-state index contributed by atoms with van der Waals surface area (Å²) in [7, 11) is -7.05. The number of thioether (sulfide) groups is 1. The number of nitrogens with one attached hydrogen (secondary N) is 1. The quantitative estimate of drug-likeness (QED) is 0.176. The van der Waals surface area contributed by atoms with Crippen LogP contribution >= 0.6 is 46.6 Å². The summed E-state index contributed by atoms with van der Waals surface area (Å²) in [6.45, 7) is 35.3. The predicted octanol–water partition coefficient (Wildman–Crippen LogP) is 11.1. The van der Waals surface area contributed by atoms with Crippen molar-refractivity contribution in [1.82, 2.24) is 5.32 Å². The number of aryl methyl sites for hydroxylation is 1. The molecule has 0 aliphatic carbocycles. The number of hydrogen-bond donors (Lipinski definition) is 1. The summed E-state index contributed by atoms with van der Waals surface area (Å²) in [4.78, 5) is 14.4. The Morgan fingerprint density at radius 2 is 1.25 bits per heavy atom. The van der Waals surface area contributed by atoms with Crippen LogP contribution in [0.1, 0.15) is 67.9 Å². The van der Waals surface area contributed by atoms with E-state index in [2.05, 4.69) is 138 Å². The van der Waals surface area contributed by atoms with Gasteiger partial charge in [0.15, 0.2) is 25.0 Å². The molecule has 278 valence electrons. The van der Waals surface area contributed by atoms with Gasteiger partial charge >= 0.3 is 6.09 Å². The number of carbonyl (C=O) groups excluding carboxylic acids is 1. The van der Waals surface area contributed by atoms with Gasteiger partial charge in [-0.2, -0.15) is 0 Å². The number of ether oxygens (including phenoxy) is 2. The van der Waals surface area contributed by atoms with Gasteiger partial charge in [-0.15, -0.1) is 0 Å². The molecule has 5 atom stereocenters. The van der Waals surface area contributed by atoms with Crippen molar-refractivity contribution < 1.29 is 27.5 Å². The van der Waals surface area contributed by atoms with Crippen LogP contribution in [0.2, 0.25) is 54.4 Å². The molecule has 1 aromatic rings. The maximum absolute atomic E-state index is 13.4. The Balaban J connectivity index is 2.78. The molecule has 2 rings (SSSR count). The first-order chi connectivity index (χ1) is 21.4. The van der Waals surface area contributed by atoms with Crippen LogP contribution in [0.5, 0.6) is 0 Å². The van der Waals surface area contributed by atoms with Crippen LogP contribution in [0.25, 0.3) is 0 Å². The molecule has 1 N–H and O–H groups in total. The van der Waals surface area contributed by atoms with Crippen molar-refractivity contribution in [3.8, 4) is 0 Å². The Hall–Kier alpha value is 0.201. The summed E-state index contributed by atoms with van der Waals surface area (Å²) in [6, 6.07) is 7.57. The Morgan fingerprint density at radius 3 is 1.69 bits per heavy atom. The van der Waals surface area contributed by atoms with Gasteiger partial charge in [0.2, 0.25) is 3.79 Å². The minimum atomic E-state index is -2.46. The number of halogens is 3. The van der Waals surface area contributed by atoms with Crippen LogP contribution in [-0.2, 0) is 22.8 Å². The fraction of sp³-hybridized carbons (Fsp3) is 0.794. The van der Waals surface area contributed by atoms with E-state index in [4.69, 9.17) is 57.6 Å². The van der Waals surface area contributed by atoms with Crippen LogP contribution in [0.4, 0.5) is 4.79 Å². The van der Waals surface area contributed by atoms with Crippen molar-refractivity contribution in [2.45, 2.75) is 162 Å². The number of rotatable bonds is 11. The molecule has 0 radical (unpaired) electrons. The third kappa shape index (κ3) is 12.4. The first-order valence-corrected chi connectivity index (χ1v) is 27.5. The molecule has 1 saturated heterocycles. The van der Waals surface area contributed by atoms with Crippen LogP contribution in [0, 0.1) is 6.92 Å². The van der Waals surface area contributed by atoms with Gasteiger partial charge in [0.1, 0.15) is 24.3 Å². The summed E-state index contributed by atoms with van der Waals surface area (Å²) in [6.07, 6.45) is -2.33. The van der Waals surface area contributed by atoms with Gasteiger partial charge < -0.3 is 28.1 Å². The topological polar surface area (TPSA) is 75.3 Å². The molecule has 1 aliphatic heterocycles. The first-order valence-electron chi connectivity index (χ1n) is 16.8. The van der Waals surface area contributed by atoms with E-state index >= 15 is 0 Å². The second-order valence-corrected chi connectivity index (χ2v) is 35.6. The van der Waals surface area contributed by atoms with Crippen molar-refractivity contribution in [3.05, 3.63) is 29.8 Å². The Bertz CT molecular complexity index is 1210. The van der Waals surface area contributed by atoms with E-state index in [1.165, 1.54) is 11.8 Å². The molecule has 0 bridgehead atoms. The minimum absolute atomic E-state index is 0.000867. The summed E-state index contributed by atoms with van der Waals surface area (Å²) >= 11 is 19.4. The third-order valence-corrected chi connectivity index (χ3v) is 25.4. The molecular weight excluding hydrogens is 741 g/mol. The summed E-state index contributed by atoms with van der Waals surface area (Å²) in [5.74, 6) is 0. The molecule has 0 aromatic heterocycles. The number of carbonyl (C=O) groups is 1. The van der Waals surface area contributed by atoms with Gasteiger partial charge in [0.25, 0.3) is 0 Å². The molecular formula is C34H62Cl3NO6SSi3. The fourth-order valence-electron chi connectivity index (χ4n) is 4.19. The lowest BCUT2D eigenvalue weighted by atomic mass is 9.98. The highest BCUT2D eigenvalue weighted by molar-refractivity contribution is 7.99. The second kappa shape index (κ2) is 16.1. The number of benzene rings is 1. The van der Waals surface area contributed by atoms with E-state index in [0.29, 0.717) is 6.61 Å². The lowest BCUT2D eigenvalue weighted by molar-refractivity contribution is -0.159. The van der Waals surface area contributed by atoms with E-state index in [1.54, 1.807) is 0 Å². The Morgan fingerprint density at radius 1 is 0.792 bits per heavy atom. The fourth-order valence-corrected chi connectivity index (χ4v) is 9.13. The predicted molar refractivity (Wildman–Crippen MR) is 212 cm³/mol. The van der Waals surface area contributed by atoms with E-state index in [-0.39, 0.29) is 15.1 Å². The molecule has 14 heteroatoms. The summed E-state index contributed by atoms with van der Waals surface area (Å²) in [5.41, 5.74) is 0.576. The van der Waals surface area contributed by atoms with Crippen LogP contribution in [-0.4, -0.2) is 77.8 Å². The SMILES string of the molecule is Cc1ccc(S[C@@H]2O[C@H](CO[Si](C)(C)C(C)(C)C)[C@@H](O[Si](C)(C)C(C)(C)C)[C@H](O[Si](C)(C)C(C)(C)C)[C@H]2NC(=O)OCC(Cl)(Cl)Cl)cc1. The van der Waals surface area contributed by atoms with E-state index in [9.17, 15) is 4.79 Å². The minimum Gasteiger partial charge on any atom is -0.445 e. The molecule has 0 spiro atoms. The van der Waals surface area contributed by atoms with Gasteiger partial charge in [-0.3, -0.25) is 0 Å². The zero-order chi connectivity index (χ0) is 37.3. The Labute approximate surface area is 313 Å². The number of amides is 1. The second-order valence-electron chi connectivity index (χ2n) is 17.6. The van der Waals surface area contributed by atoms with Crippen LogP contribution in [0.15, 0.2) is 29.2 Å². The van der Waals surface area contributed by atoms with Gasteiger partial charge in [-0.25, -0.2) is 4.79 Å². The van der Waals surface area contributed by atoms with E-state index < -0.39 is 71.2 Å². The maximum Gasteiger partial charge on any atom is 0.407 e. The van der Waals surface area contributed by atoms with Crippen molar-refractivity contribution in [2.75, 3.05) is 13.2 Å². The highest BCUT2D eigenvalue weighted by Crippen LogP contribution is 2.46. The normalized spacial score (nSPS) is 23.6. The maximum atomic E-state index is 13.4. The zero-order valence-corrected chi connectivity index (χ0v) is 38.2. The number of alkyl halides is 3. The lowest BCUT2D eigenvalue weighted by Crippen LogP contribution is -2.69. The lowest BCUT2D eigenvalue weighted by Gasteiger charge is -2.53. The monoisotopic (exact) mass is 801 g/mol. The molecule has 48 heavy (non-hydrogen) atoms. The van der Waals surface area contributed by atoms with Crippen molar-refractivity contribution >= 4 is 77.6 Å². The third-order valence-electron chi connectivity index (χ3n) is 10.5. The summed E-state index contributed by atoms with van der Waals surface area (Å²) < 4.78 is 32.2. The molecule has 1 aromatic carbocycles. The highest BCUT2D eigenvalue weighted by Gasteiger charge is 2.55. The Kier molecular flexibility index (Phi) is 14.8. The van der Waals surface area contributed by atoms with Crippen molar-refractivity contribution in [1.29, 1.82) is 0 Å². The average molecular weight is 804 g/mol. The van der Waals surface area contributed by atoms with Gasteiger partial charge in [-0.05, 0) is 73.5 Å². The van der Waals surface area contributed by atoms with Crippen LogP contribution in [0.3, 0.4) is 0 Å². The molecule has 1 aliphatic rings. The largest absolute Gasteiger partial charge is 0.445 e. The van der Waals surface area contributed by atoms with E-state index in [0.717, 1.165) is 10.5 Å². The number of alkyl carbamates (subject to hydrolysis) is 1. The van der Waals surface area contributed by atoms with Crippen LogP contribution < -0.4 is 5.32 Å². The zero-order valence-electron chi connectivity index (χ0n) is 32.1. The average Bonchev–Trinajstić information content (AvgIpc) is 2.88. The molecule has 1 fully saturated rings. The highest BCUT2D eigenvalue weighted by atomic mass is 35.6. The van der Waals surface area contributed by atoms with Crippen molar-refractivity contribution in [2.24, 2.45) is 0 Å². The van der Waals surface area contributed by atoms with E-state index in [1.807, 2.05) is 0 Å².